The lowest BCUT2D eigenvalue weighted by Gasteiger charge is -2.12. The zero-order valence-corrected chi connectivity index (χ0v) is 17.3. The smallest absolute Gasteiger partial charge is 0.223 e. The van der Waals surface area contributed by atoms with Crippen LogP contribution in [0.5, 0.6) is 11.6 Å². The molecule has 6 heteroatoms. The molecule has 0 fully saturated rings. The lowest BCUT2D eigenvalue weighted by molar-refractivity contribution is 0.452. The first kappa shape index (κ1) is 20.2. The third kappa shape index (κ3) is 6.02. The van der Waals surface area contributed by atoms with E-state index in [0.29, 0.717) is 11.8 Å². The van der Waals surface area contributed by atoms with Crippen LogP contribution in [0.4, 0.5) is 5.69 Å². The van der Waals surface area contributed by atoms with Crippen molar-refractivity contribution in [2.24, 2.45) is 10.9 Å². The summed E-state index contributed by atoms with van der Waals surface area (Å²) in [5, 5.41) is 0.745. The zero-order valence-electron chi connectivity index (χ0n) is 16.5. The standard InChI is InChI=1S/C20H28N4OS/c1-7-24(6)13-22-17-10-16(5)18(11-15(17)4)25-19-8-9-21-20(23-19)26-12-14(2)3/h8-11,13-14H,7,12H2,1-6H3/b22-13+. The Morgan fingerprint density at radius 3 is 2.73 bits per heavy atom. The Bertz CT molecular complexity index is 761. The molecule has 1 aromatic heterocycles. The van der Waals surface area contributed by atoms with Crippen LogP contribution in [-0.2, 0) is 0 Å². The molecule has 0 N–H and O–H groups in total. The van der Waals surface area contributed by atoms with Crippen molar-refractivity contribution in [1.82, 2.24) is 14.9 Å². The molecular formula is C20H28N4OS. The predicted molar refractivity (Wildman–Crippen MR) is 110 cm³/mol. The van der Waals surface area contributed by atoms with Gasteiger partial charge in [-0.1, -0.05) is 25.6 Å². The third-order valence-electron chi connectivity index (χ3n) is 3.75. The van der Waals surface area contributed by atoms with Crippen LogP contribution in [0.2, 0.25) is 0 Å². The van der Waals surface area contributed by atoms with Gasteiger partial charge in [-0.2, -0.15) is 4.98 Å². The van der Waals surface area contributed by atoms with Gasteiger partial charge >= 0.3 is 0 Å². The second-order valence-electron chi connectivity index (χ2n) is 6.71. The number of aryl methyl sites for hydroxylation is 2. The van der Waals surface area contributed by atoms with E-state index in [2.05, 4.69) is 35.7 Å². The van der Waals surface area contributed by atoms with Crippen LogP contribution in [0.15, 0.2) is 34.5 Å². The molecule has 0 aliphatic carbocycles. The van der Waals surface area contributed by atoms with Crippen LogP contribution in [0, 0.1) is 19.8 Å². The van der Waals surface area contributed by atoms with E-state index in [1.54, 1.807) is 24.0 Å². The second-order valence-corrected chi connectivity index (χ2v) is 7.69. The summed E-state index contributed by atoms with van der Waals surface area (Å²) in [6.07, 6.45) is 3.59. The van der Waals surface area contributed by atoms with Gasteiger partial charge in [0.1, 0.15) is 5.75 Å². The molecule has 2 rings (SSSR count). The van der Waals surface area contributed by atoms with Crippen molar-refractivity contribution in [3.05, 3.63) is 35.5 Å². The first-order valence-electron chi connectivity index (χ1n) is 8.88. The number of thioether (sulfide) groups is 1. The van der Waals surface area contributed by atoms with Crippen molar-refractivity contribution in [3.8, 4) is 11.6 Å². The number of rotatable bonds is 8. The Kier molecular flexibility index (Phi) is 7.45. The number of aliphatic imine (C=N–C) groups is 1. The maximum atomic E-state index is 6.01. The topological polar surface area (TPSA) is 50.6 Å². The van der Waals surface area contributed by atoms with Crippen molar-refractivity contribution in [2.75, 3.05) is 19.3 Å². The summed E-state index contributed by atoms with van der Waals surface area (Å²) in [6.45, 7) is 11.4. The minimum atomic E-state index is 0.565. The molecule has 0 radical (unpaired) electrons. The van der Waals surface area contributed by atoms with E-state index in [1.807, 2.05) is 44.3 Å². The van der Waals surface area contributed by atoms with Crippen LogP contribution >= 0.6 is 11.8 Å². The molecule has 2 aromatic rings. The van der Waals surface area contributed by atoms with Gasteiger partial charge in [0.15, 0.2) is 5.16 Å². The molecule has 140 valence electrons. The molecule has 0 bridgehead atoms. The average molecular weight is 373 g/mol. The van der Waals surface area contributed by atoms with Gasteiger partial charge in [-0.05, 0) is 49.9 Å². The summed E-state index contributed by atoms with van der Waals surface area (Å²) in [4.78, 5) is 15.4. The van der Waals surface area contributed by atoms with E-state index in [0.717, 1.165) is 40.0 Å². The quantitative estimate of drug-likeness (QED) is 0.274. The SMILES string of the molecule is CCN(C)/C=N/c1cc(C)c(Oc2ccnc(SCC(C)C)n2)cc1C. The Morgan fingerprint density at radius 1 is 1.27 bits per heavy atom. The van der Waals surface area contributed by atoms with E-state index >= 15 is 0 Å². The maximum absolute atomic E-state index is 6.01. The normalized spacial score (nSPS) is 11.3. The Morgan fingerprint density at radius 2 is 2.04 bits per heavy atom. The summed E-state index contributed by atoms with van der Waals surface area (Å²) in [5.74, 6) is 2.94. The van der Waals surface area contributed by atoms with Crippen LogP contribution in [-0.4, -0.2) is 40.6 Å². The highest BCUT2D eigenvalue weighted by molar-refractivity contribution is 7.99. The van der Waals surface area contributed by atoms with Gasteiger partial charge in [0.2, 0.25) is 5.88 Å². The molecule has 1 heterocycles. The number of benzene rings is 1. The highest BCUT2D eigenvalue weighted by atomic mass is 32.2. The third-order valence-corrected chi connectivity index (χ3v) is 5.04. The first-order valence-corrected chi connectivity index (χ1v) is 9.87. The van der Waals surface area contributed by atoms with E-state index in [-0.39, 0.29) is 0 Å². The van der Waals surface area contributed by atoms with Gasteiger partial charge in [-0.25, -0.2) is 9.98 Å². The van der Waals surface area contributed by atoms with Crippen molar-refractivity contribution < 1.29 is 4.74 Å². The molecule has 0 spiro atoms. The number of hydrogen-bond donors (Lipinski definition) is 0. The maximum Gasteiger partial charge on any atom is 0.223 e. The summed E-state index contributed by atoms with van der Waals surface area (Å²) in [7, 11) is 2.01. The molecule has 1 aromatic carbocycles. The van der Waals surface area contributed by atoms with Crippen molar-refractivity contribution in [2.45, 2.75) is 39.8 Å². The van der Waals surface area contributed by atoms with Crippen molar-refractivity contribution in [1.29, 1.82) is 0 Å². The number of nitrogens with zero attached hydrogens (tertiary/aromatic N) is 4. The number of aromatic nitrogens is 2. The highest BCUT2D eigenvalue weighted by Crippen LogP contribution is 2.31. The fourth-order valence-electron chi connectivity index (χ4n) is 2.07. The van der Waals surface area contributed by atoms with Crippen LogP contribution in [0.1, 0.15) is 31.9 Å². The average Bonchev–Trinajstić information content (AvgIpc) is 2.61. The van der Waals surface area contributed by atoms with Crippen molar-refractivity contribution in [3.63, 3.8) is 0 Å². The summed E-state index contributed by atoms with van der Waals surface area (Å²) < 4.78 is 6.01. The first-order chi connectivity index (χ1) is 12.4. The van der Waals surface area contributed by atoms with Gasteiger partial charge in [-0.3, -0.25) is 0 Å². The Balaban J connectivity index is 2.16. The van der Waals surface area contributed by atoms with Gasteiger partial charge < -0.3 is 9.64 Å². The van der Waals surface area contributed by atoms with E-state index < -0.39 is 0 Å². The molecule has 26 heavy (non-hydrogen) atoms. The molecule has 0 atom stereocenters. The zero-order chi connectivity index (χ0) is 19.1. The van der Waals surface area contributed by atoms with Crippen molar-refractivity contribution >= 4 is 23.8 Å². The predicted octanol–water partition coefficient (Wildman–Crippen LogP) is 5.25. The largest absolute Gasteiger partial charge is 0.439 e. The van der Waals surface area contributed by atoms with Crippen LogP contribution in [0.3, 0.4) is 0 Å². The van der Waals surface area contributed by atoms with Crippen LogP contribution < -0.4 is 4.74 Å². The van der Waals surface area contributed by atoms with Crippen LogP contribution in [0.25, 0.3) is 0 Å². The molecule has 0 aliphatic heterocycles. The molecule has 5 nitrogen and oxygen atoms in total. The second kappa shape index (κ2) is 9.57. The minimum Gasteiger partial charge on any atom is -0.439 e. The molecule has 0 amide bonds. The fourth-order valence-corrected chi connectivity index (χ4v) is 2.84. The summed E-state index contributed by atoms with van der Waals surface area (Å²) in [6, 6.07) is 5.84. The number of hydrogen-bond acceptors (Lipinski definition) is 5. The van der Waals surface area contributed by atoms with E-state index in [9.17, 15) is 0 Å². The summed E-state index contributed by atoms with van der Waals surface area (Å²) in [5.41, 5.74) is 3.04. The molecule has 0 aliphatic rings. The fraction of sp³-hybridized carbons (Fsp3) is 0.450. The van der Waals surface area contributed by atoms with Gasteiger partial charge in [0.05, 0.1) is 12.0 Å². The summed E-state index contributed by atoms with van der Waals surface area (Å²) >= 11 is 1.65. The molecular weight excluding hydrogens is 344 g/mol. The lowest BCUT2D eigenvalue weighted by atomic mass is 10.1. The van der Waals surface area contributed by atoms with Gasteiger partial charge in [0.25, 0.3) is 0 Å². The highest BCUT2D eigenvalue weighted by Gasteiger charge is 2.09. The number of ether oxygens (including phenoxy) is 1. The monoisotopic (exact) mass is 372 g/mol. The molecule has 0 saturated heterocycles. The van der Waals surface area contributed by atoms with E-state index in [4.69, 9.17) is 4.74 Å². The van der Waals surface area contributed by atoms with E-state index in [1.165, 1.54) is 0 Å². The lowest BCUT2D eigenvalue weighted by Crippen LogP contribution is -2.14. The van der Waals surface area contributed by atoms with Gasteiger partial charge in [-0.15, -0.1) is 0 Å². The van der Waals surface area contributed by atoms with Gasteiger partial charge in [0, 0.05) is 31.6 Å². The Hall–Kier alpha value is -2.08. The minimum absolute atomic E-state index is 0.565. The molecule has 0 unspecified atom stereocenters. The Labute approximate surface area is 160 Å². The molecule has 0 saturated carbocycles.